The van der Waals surface area contributed by atoms with Crippen LogP contribution < -0.4 is 10.6 Å². The van der Waals surface area contributed by atoms with Gasteiger partial charge in [-0.15, -0.1) is 0 Å². The molecule has 0 radical (unpaired) electrons. The van der Waals surface area contributed by atoms with E-state index in [2.05, 4.69) is 10.6 Å². The van der Waals surface area contributed by atoms with E-state index in [1.54, 1.807) is 46.8 Å². The molecule has 5 nitrogen and oxygen atoms in total. The number of piperidine rings is 1. The first-order chi connectivity index (χ1) is 12.9. The lowest BCUT2D eigenvalue weighted by Crippen LogP contribution is -2.35. The number of thiocarbonyl (C=S) groups is 1. The van der Waals surface area contributed by atoms with E-state index in [1.807, 2.05) is 0 Å². The second-order valence-corrected chi connectivity index (χ2v) is 9.38. The first-order valence-corrected chi connectivity index (χ1v) is 11.1. The number of rotatable bonds is 4. The Hall–Kier alpha value is -1.38. The fourth-order valence-electron chi connectivity index (χ4n) is 2.84. The van der Waals surface area contributed by atoms with Gasteiger partial charge in [-0.25, -0.2) is 8.42 Å². The molecule has 1 aliphatic heterocycles. The van der Waals surface area contributed by atoms with Crippen molar-refractivity contribution in [1.82, 2.24) is 4.31 Å². The number of anilines is 2. The lowest BCUT2D eigenvalue weighted by atomic mass is 10.2. The molecule has 27 heavy (non-hydrogen) atoms. The number of hydrogen-bond acceptors (Lipinski definition) is 3. The predicted octanol–water partition coefficient (Wildman–Crippen LogP) is 4.98. The highest BCUT2D eigenvalue weighted by Gasteiger charge is 2.25. The summed E-state index contributed by atoms with van der Waals surface area (Å²) in [5.41, 5.74) is 1.30. The largest absolute Gasteiger partial charge is 0.332 e. The standard InChI is InChI=1S/C18H19Cl2N3O2S2/c19-13-4-9-17(16(20)12-13)22-18(26)21-14-5-7-15(8-6-14)27(24,25)23-10-2-1-3-11-23/h4-9,12H,1-3,10-11H2,(H2,21,22,26). The molecule has 2 aromatic carbocycles. The van der Waals surface area contributed by atoms with Gasteiger partial charge in [0.05, 0.1) is 15.6 Å². The molecule has 1 saturated heterocycles. The summed E-state index contributed by atoms with van der Waals surface area (Å²) in [6, 6.07) is 11.6. The molecule has 1 aliphatic rings. The van der Waals surface area contributed by atoms with Crippen molar-refractivity contribution in [2.45, 2.75) is 24.2 Å². The fraction of sp³-hybridized carbons (Fsp3) is 0.278. The number of nitrogens with one attached hydrogen (secondary N) is 2. The molecule has 0 aliphatic carbocycles. The Balaban J connectivity index is 1.65. The van der Waals surface area contributed by atoms with Crippen LogP contribution >= 0.6 is 35.4 Å². The zero-order valence-corrected chi connectivity index (χ0v) is 17.6. The van der Waals surface area contributed by atoms with Crippen molar-refractivity contribution in [3.8, 4) is 0 Å². The quantitative estimate of drug-likeness (QED) is 0.652. The van der Waals surface area contributed by atoms with Crippen molar-refractivity contribution in [1.29, 1.82) is 0 Å². The van der Waals surface area contributed by atoms with E-state index in [0.717, 1.165) is 19.3 Å². The molecule has 1 fully saturated rings. The van der Waals surface area contributed by atoms with E-state index < -0.39 is 10.0 Å². The lowest BCUT2D eigenvalue weighted by Gasteiger charge is -2.25. The lowest BCUT2D eigenvalue weighted by molar-refractivity contribution is 0.346. The molecule has 0 aromatic heterocycles. The van der Waals surface area contributed by atoms with Crippen LogP contribution in [0.15, 0.2) is 47.4 Å². The van der Waals surface area contributed by atoms with Crippen molar-refractivity contribution in [2.24, 2.45) is 0 Å². The van der Waals surface area contributed by atoms with Gasteiger partial charge in [0.1, 0.15) is 0 Å². The summed E-state index contributed by atoms with van der Waals surface area (Å²) in [6.07, 6.45) is 2.90. The molecule has 3 rings (SSSR count). The minimum absolute atomic E-state index is 0.287. The highest BCUT2D eigenvalue weighted by Crippen LogP contribution is 2.26. The van der Waals surface area contributed by atoms with E-state index in [0.29, 0.717) is 39.6 Å². The van der Waals surface area contributed by atoms with E-state index in [4.69, 9.17) is 35.4 Å². The molecule has 0 amide bonds. The van der Waals surface area contributed by atoms with Crippen LogP contribution in [0, 0.1) is 0 Å². The van der Waals surface area contributed by atoms with Gasteiger partial charge < -0.3 is 10.6 Å². The van der Waals surface area contributed by atoms with Gasteiger partial charge in [0, 0.05) is 23.8 Å². The van der Waals surface area contributed by atoms with Gasteiger partial charge in [-0.2, -0.15) is 4.31 Å². The molecule has 144 valence electrons. The summed E-state index contributed by atoms with van der Waals surface area (Å²) < 4.78 is 26.9. The third kappa shape index (κ3) is 5.12. The Labute approximate surface area is 174 Å². The fourth-order valence-corrected chi connectivity index (χ4v) is 5.04. The number of nitrogens with zero attached hydrogens (tertiary/aromatic N) is 1. The van der Waals surface area contributed by atoms with Crippen LogP contribution in [0.4, 0.5) is 11.4 Å². The number of halogens is 2. The monoisotopic (exact) mass is 443 g/mol. The van der Waals surface area contributed by atoms with E-state index in [-0.39, 0.29) is 4.90 Å². The Morgan fingerprint density at radius 1 is 0.963 bits per heavy atom. The molecule has 2 N–H and O–H groups in total. The maximum atomic E-state index is 12.7. The van der Waals surface area contributed by atoms with E-state index >= 15 is 0 Å². The van der Waals surface area contributed by atoms with Gasteiger partial charge in [-0.1, -0.05) is 29.6 Å². The Morgan fingerprint density at radius 3 is 2.26 bits per heavy atom. The maximum Gasteiger partial charge on any atom is 0.243 e. The first-order valence-electron chi connectivity index (χ1n) is 8.49. The van der Waals surface area contributed by atoms with E-state index in [9.17, 15) is 8.42 Å². The van der Waals surface area contributed by atoms with E-state index in [1.165, 1.54) is 0 Å². The van der Waals surface area contributed by atoms with Gasteiger partial charge in [0.25, 0.3) is 0 Å². The van der Waals surface area contributed by atoms with Crippen LogP contribution in [-0.4, -0.2) is 30.9 Å². The Bertz CT molecular complexity index is 928. The van der Waals surface area contributed by atoms with Gasteiger partial charge in [0.2, 0.25) is 10.0 Å². The van der Waals surface area contributed by atoms with Crippen molar-refractivity contribution in [3.63, 3.8) is 0 Å². The number of hydrogen-bond donors (Lipinski definition) is 2. The highest BCUT2D eigenvalue weighted by molar-refractivity contribution is 7.89. The molecule has 1 heterocycles. The molecular weight excluding hydrogens is 425 g/mol. The molecular formula is C18H19Cl2N3O2S2. The molecule has 0 saturated carbocycles. The summed E-state index contributed by atoms with van der Waals surface area (Å²) >= 11 is 17.3. The second-order valence-electron chi connectivity index (χ2n) is 6.19. The Kier molecular flexibility index (Phi) is 6.60. The van der Waals surface area contributed by atoms with Gasteiger partial charge in [0.15, 0.2) is 5.11 Å². The van der Waals surface area contributed by atoms with Gasteiger partial charge >= 0.3 is 0 Å². The average Bonchev–Trinajstić information content (AvgIpc) is 2.65. The molecule has 9 heteroatoms. The summed E-state index contributed by atoms with van der Waals surface area (Å²) in [4.78, 5) is 0.287. The summed E-state index contributed by atoms with van der Waals surface area (Å²) in [5.74, 6) is 0. The summed E-state index contributed by atoms with van der Waals surface area (Å²) in [5, 5.41) is 7.33. The average molecular weight is 444 g/mol. The third-order valence-electron chi connectivity index (χ3n) is 4.24. The first kappa shape index (κ1) is 20.4. The van der Waals surface area contributed by atoms with Crippen LogP contribution in [0.25, 0.3) is 0 Å². The Morgan fingerprint density at radius 2 is 1.63 bits per heavy atom. The van der Waals surface area contributed by atoms with Gasteiger partial charge in [-0.05, 0) is 67.5 Å². The third-order valence-corrected chi connectivity index (χ3v) is 6.91. The van der Waals surface area contributed by atoms with Crippen molar-refractivity contribution < 1.29 is 8.42 Å². The van der Waals surface area contributed by atoms with Crippen LogP contribution in [0.5, 0.6) is 0 Å². The summed E-state index contributed by atoms with van der Waals surface area (Å²) in [6.45, 7) is 1.16. The van der Waals surface area contributed by atoms with Crippen LogP contribution in [0.2, 0.25) is 10.0 Å². The topological polar surface area (TPSA) is 61.4 Å². The predicted molar refractivity (Wildman–Crippen MR) is 115 cm³/mol. The van der Waals surface area contributed by atoms with Crippen LogP contribution in [0.3, 0.4) is 0 Å². The minimum Gasteiger partial charge on any atom is -0.332 e. The van der Waals surface area contributed by atoms with Crippen molar-refractivity contribution in [3.05, 3.63) is 52.5 Å². The molecule has 0 atom stereocenters. The molecule has 2 aromatic rings. The zero-order chi connectivity index (χ0) is 19.4. The molecule has 0 unspecified atom stereocenters. The smallest absolute Gasteiger partial charge is 0.243 e. The van der Waals surface area contributed by atoms with Crippen molar-refractivity contribution >= 4 is 61.9 Å². The maximum absolute atomic E-state index is 12.7. The second kappa shape index (κ2) is 8.75. The zero-order valence-electron chi connectivity index (χ0n) is 14.4. The molecule has 0 bridgehead atoms. The molecule has 0 spiro atoms. The van der Waals surface area contributed by atoms with Gasteiger partial charge in [-0.3, -0.25) is 0 Å². The minimum atomic E-state index is -3.44. The normalized spacial score (nSPS) is 15.3. The number of sulfonamides is 1. The van der Waals surface area contributed by atoms with Crippen LogP contribution in [0.1, 0.15) is 19.3 Å². The van der Waals surface area contributed by atoms with Crippen LogP contribution in [-0.2, 0) is 10.0 Å². The SMILES string of the molecule is O=S(=O)(c1ccc(NC(=S)Nc2ccc(Cl)cc2Cl)cc1)N1CCCCC1. The number of benzene rings is 2. The summed E-state index contributed by atoms with van der Waals surface area (Å²) in [7, 11) is -3.44. The van der Waals surface area contributed by atoms with Crippen molar-refractivity contribution in [2.75, 3.05) is 23.7 Å². The highest BCUT2D eigenvalue weighted by atomic mass is 35.5.